The van der Waals surface area contributed by atoms with Crippen LogP contribution in [-0.2, 0) is 35.7 Å². The molecule has 1 amide bonds. The quantitative estimate of drug-likeness (QED) is 0.180. The third-order valence-electron chi connectivity index (χ3n) is 7.71. The number of amides is 1. The zero-order valence-corrected chi connectivity index (χ0v) is 27.8. The zero-order valence-electron chi connectivity index (χ0n) is 26.2. The van der Waals surface area contributed by atoms with Gasteiger partial charge in [-0.25, -0.2) is 16.8 Å². The van der Waals surface area contributed by atoms with Gasteiger partial charge in [-0.05, 0) is 31.6 Å². The van der Waals surface area contributed by atoms with Gasteiger partial charge in [0.1, 0.15) is 6.54 Å². The molecule has 4 rings (SSSR count). The van der Waals surface area contributed by atoms with Gasteiger partial charge in [-0.1, -0.05) is 80.6 Å². The predicted molar refractivity (Wildman–Crippen MR) is 177 cm³/mol. The average molecular weight is 651 g/mol. The minimum Gasteiger partial charge on any atom is -0.857 e. The number of hydrogen-bond acceptors (Lipinski definition) is 7. The van der Waals surface area contributed by atoms with Crippen molar-refractivity contribution in [3.05, 3.63) is 108 Å². The van der Waals surface area contributed by atoms with Crippen molar-refractivity contribution in [1.82, 2.24) is 4.72 Å². The second-order valence-corrected chi connectivity index (χ2v) is 15.4. The molecule has 12 heteroatoms. The fourth-order valence-corrected chi connectivity index (χ4v) is 6.75. The van der Waals surface area contributed by atoms with Crippen molar-refractivity contribution in [3.8, 4) is 0 Å². The molecule has 0 saturated carbocycles. The van der Waals surface area contributed by atoms with Gasteiger partial charge in [0.15, 0.2) is 12.3 Å². The van der Waals surface area contributed by atoms with Gasteiger partial charge in [-0.3, -0.25) is 9.52 Å². The first-order chi connectivity index (χ1) is 20.9. The van der Waals surface area contributed by atoms with Crippen molar-refractivity contribution in [3.63, 3.8) is 0 Å². The van der Waals surface area contributed by atoms with Crippen LogP contribution in [0.4, 0.5) is 11.4 Å². The number of nitrogens with one attached hydrogen (secondary N) is 1. The standard InChI is InChI=1S/C33H38N4O6S2/c1-32(2)24-16-12-14-18-26(24)36(22-30(38)34-44(5,40)41)28(32)20-10-8-7-9-11-21-29-33(3,4)25-17-13-15-19-27(25)37(29)23-31(39)35-45(6,42)43/h7-21H,22-23H2,1-6H3,(H-,34,35,38,39). The predicted octanol–water partition coefficient (Wildman–Crippen LogP) is 3.21. The van der Waals surface area contributed by atoms with Crippen molar-refractivity contribution in [2.45, 2.75) is 38.5 Å². The van der Waals surface area contributed by atoms with E-state index in [0.29, 0.717) is 0 Å². The lowest BCUT2D eigenvalue weighted by molar-refractivity contribution is -0.433. The first-order valence-corrected chi connectivity index (χ1v) is 18.0. The lowest BCUT2D eigenvalue weighted by atomic mass is 9.81. The monoisotopic (exact) mass is 650 g/mol. The molecule has 2 aliphatic rings. The van der Waals surface area contributed by atoms with Crippen LogP contribution in [0.1, 0.15) is 38.8 Å². The number of rotatable bonds is 10. The molecule has 0 bridgehead atoms. The Morgan fingerprint density at radius 2 is 1.49 bits per heavy atom. The van der Waals surface area contributed by atoms with Crippen LogP contribution in [0.2, 0.25) is 0 Å². The topological polar surface area (TPSA) is 139 Å². The van der Waals surface area contributed by atoms with E-state index >= 15 is 0 Å². The van der Waals surface area contributed by atoms with Gasteiger partial charge < -0.3 is 10.0 Å². The van der Waals surface area contributed by atoms with Gasteiger partial charge >= 0.3 is 0 Å². The Morgan fingerprint density at radius 1 is 0.889 bits per heavy atom. The van der Waals surface area contributed by atoms with Crippen LogP contribution in [0, 0.1) is 0 Å². The molecule has 0 aliphatic carbocycles. The van der Waals surface area contributed by atoms with Crippen molar-refractivity contribution in [1.29, 1.82) is 0 Å². The number of anilines is 1. The summed E-state index contributed by atoms with van der Waals surface area (Å²) in [5.41, 5.74) is 4.50. The first-order valence-electron chi connectivity index (χ1n) is 14.2. The minimum atomic E-state index is -3.81. The third-order valence-corrected chi connectivity index (χ3v) is 8.85. The summed E-state index contributed by atoms with van der Waals surface area (Å²) in [6.45, 7) is 7.83. The second kappa shape index (κ2) is 12.6. The highest BCUT2D eigenvalue weighted by Crippen LogP contribution is 2.47. The number of carbonyl (C=O) groups is 1. The molecule has 0 atom stereocenters. The van der Waals surface area contributed by atoms with Gasteiger partial charge in [0.25, 0.3) is 5.91 Å². The Labute approximate surface area is 265 Å². The first kappa shape index (κ1) is 33.6. The van der Waals surface area contributed by atoms with Crippen LogP contribution in [0.5, 0.6) is 0 Å². The summed E-state index contributed by atoms with van der Waals surface area (Å²) in [4.78, 5) is 14.4. The third kappa shape index (κ3) is 7.69. The van der Waals surface area contributed by atoms with E-state index in [2.05, 4.69) is 18.2 Å². The highest BCUT2D eigenvalue weighted by atomic mass is 32.2. The van der Waals surface area contributed by atoms with Crippen molar-refractivity contribution in [2.24, 2.45) is 4.40 Å². The molecule has 2 aromatic carbocycles. The summed E-state index contributed by atoms with van der Waals surface area (Å²) >= 11 is 0. The van der Waals surface area contributed by atoms with E-state index in [-0.39, 0.29) is 13.1 Å². The summed E-state index contributed by atoms with van der Waals surface area (Å²) < 4.78 is 53.6. The van der Waals surface area contributed by atoms with E-state index in [0.717, 1.165) is 46.4 Å². The Balaban J connectivity index is 1.58. The SMILES string of the molecule is CC1(C)C(/C=C/C=C/C=C/C=C2/N(CC(=O)NS(C)(=O)=O)c3ccccc3C2(C)C)=[N+](C/C([O-])=N/S(C)(=O)=O)c2ccccc21. The van der Waals surface area contributed by atoms with Crippen LogP contribution in [0.3, 0.4) is 0 Å². The fraction of sp³-hybridized carbons (Fsp3) is 0.303. The molecule has 238 valence electrons. The lowest BCUT2D eigenvalue weighted by Gasteiger charge is -2.26. The average Bonchev–Trinajstić information content (AvgIpc) is 3.25. The largest absolute Gasteiger partial charge is 0.857 e. The molecule has 0 fully saturated rings. The number of fused-ring (bicyclic) bond motifs is 2. The Bertz CT molecular complexity index is 1910. The summed E-state index contributed by atoms with van der Waals surface area (Å²) in [6, 6.07) is 15.4. The summed E-state index contributed by atoms with van der Waals surface area (Å²) in [5, 5.41) is 12.5. The van der Waals surface area contributed by atoms with Gasteiger partial charge in [0, 0.05) is 40.4 Å². The Hall–Kier alpha value is -4.29. The molecular formula is C33H38N4O6S2. The van der Waals surface area contributed by atoms with E-state index in [1.165, 1.54) is 0 Å². The van der Waals surface area contributed by atoms with Crippen LogP contribution in [-0.4, -0.2) is 64.5 Å². The van der Waals surface area contributed by atoms with Crippen molar-refractivity contribution >= 4 is 48.9 Å². The molecule has 0 unspecified atom stereocenters. The molecular weight excluding hydrogens is 613 g/mol. The summed E-state index contributed by atoms with van der Waals surface area (Å²) in [7, 11) is -7.50. The van der Waals surface area contributed by atoms with Crippen LogP contribution >= 0.6 is 0 Å². The molecule has 0 saturated heterocycles. The molecule has 0 aromatic heterocycles. The second-order valence-electron chi connectivity index (χ2n) is 12.0. The Morgan fingerprint density at radius 3 is 2.16 bits per heavy atom. The molecule has 2 aliphatic heterocycles. The van der Waals surface area contributed by atoms with E-state index in [4.69, 9.17) is 0 Å². The number of carbonyl (C=O) groups excluding carboxylic acids is 1. The number of hydrogen-bond donors (Lipinski definition) is 1. The maximum absolute atomic E-state index is 12.5. The van der Waals surface area contributed by atoms with Crippen LogP contribution in [0.25, 0.3) is 0 Å². The number of para-hydroxylation sites is 2. The van der Waals surface area contributed by atoms with E-state index in [1.54, 1.807) is 4.58 Å². The van der Waals surface area contributed by atoms with E-state index in [9.17, 15) is 26.7 Å². The maximum Gasteiger partial charge on any atom is 0.253 e. The molecule has 0 radical (unpaired) electrons. The molecule has 45 heavy (non-hydrogen) atoms. The van der Waals surface area contributed by atoms with Crippen molar-refractivity contribution < 1.29 is 31.3 Å². The highest BCUT2D eigenvalue weighted by molar-refractivity contribution is 7.89. The smallest absolute Gasteiger partial charge is 0.253 e. The molecule has 10 nitrogen and oxygen atoms in total. The molecule has 0 spiro atoms. The lowest BCUT2D eigenvalue weighted by Crippen LogP contribution is -2.39. The molecule has 2 aromatic rings. The van der Waals surface area contributed by atoms with Gasteiger partial charge in [0.2, 0.25) is 25.7 Å². The number of nitrogens with zero attached hydrogens (tertiary/aromatic N) is 3. The number of benzene rings is 2. The fourth-order valence-electron chi connectivity index (χ4n) is 5.84. The van der Waals surface area contributed by atoms with Gasteiger partial charge in [-0.2, -0.15) is 8.97 Å². The van der Waals surface area contributed by atoms with E-state index in [1.807, 2.05) is 115 Å². The number of allylic oxidation sites excluding steroid dienone is 8. The highest BCUT2D eigenvalue weighted by Gasteiger charge is 2.44. The van der Waals surface area contributed by atoms with E-state index < -0.39 is 42.7 Å². The normalized spacial score (nSPS) is 18.8. The summed E-state index contributed by atoms with van der Waals surface area (Å²) in [5.74, 6) is -1.37. The van der Waals surface area contributed by atoms with Gasteiger partial charge in [0.05, 0.1) is 17.9 Å². The maximum atomic E-state index is 12.5. The summed E-state index contributed by atoms with van der Waals surface area (Å²) in [6.07, 6.45) is 14.9. The molecule has 2 heterocycles. The van der Waals surface area contributed by atoms with Crippen molar-refractivity contribution in [2.75, 3.05) is 30.5 Å². The van der Waals surface area contributed by atoms with Crippen LogP contribution in [0.15, 0.2) is 101 Å². The van der Waals surface area contributed by atoms with Gasteiger partial charge in [-0.15, -0.1) is 0 Å². The minimum absolute atomic E-state index is 0.154. The Kier molecular flexibility index (Phi) is 9.41. The molecule has 1 N–H and O–H groups in total. The number of sulfonamides is 2. The van der Waals surface area contributed by atoms with Crippen LogP contribution < -0.4 is 14.7 Å². The zero-order chi connectivity index (χ0) is 33.2.